The van der Waals surface area contributed by atoms with E-state index in [2.05, 4.69) is 20.6 Å². The first-order valence-electron chi connectivity index (χ1n) is 23.8. The third-order valence-electron chi connectivity index (χ3n) is 13.8. The summed E-state index contributed by atoms with van der Waals surface area (Å²) < 4.78 is 92.4. The number of benzene rings is 4. The maximum absolute atomic E-state index is 13.3. The van der Waals surface area contributed by atoms with Crippen LogP contribution in [0.1, 0.15) is 110 Å². The van der Waals surface area contributed by atoms with Crippen LogP contribution in [0.15, 0.2) is 107 Å². The first-order chi connectivity index (χ1) is 33.3. The van der Waals surface area contributed by atoms with Crippen LogP contribution in [0.2, 0.25) is 0 Å². The average Bonchev–Trinajstić information content (AvgIpc) is 3.93. The van der Waals surface area contributed by atoms with Gasteiger partial charge in [0.15, 0.2) is 0 Å². The summed E-state index contributed by atoms with van der Waals surface area (Å²) in [7, 11) is 0. The van der Waals surface area contributed by atoms with Crippen molar-refractivity contribution in [1.82, 2.24) is 20.4 Å². The minimum atomic E-state index is -4.42. The summed E-state index contributed by atoms with van der Waals surface area (Å²) in [6.07, 6.45) is -6.40. The number of hydrogen-bond acceptors (Lipinski definition) is 9. The molecule has 4 aliphatic rings. The SMILES string of the molecule is CCC1=NCC(=O)N1[C@H]1CC[C@@](CO[C@H](C)c2cc(C)cc(C(F)(F)F)c2)(c2ccccc2)NC1.Cc1cc([C@@H](C)OC[C@@]2(c3ccccc3)CC[C@H](N3C(=O)CN=C3CO)CN2)cc(C(F)(F)F)c1. The first kappa shape index (κ1) is 52.4. The van der Waals surface area contributed by atoms with Crippen LogP contribution in [0.5, 0.6) is 0 Å². The molecule has 4 aromatic rings. The Bertz CT molecular complexity index is 2330. The summed E-state index contributed by atoms with van der Waals surface area (Å²) in [6, 6.07) is 27.7. The lowest BCUT2D eigenvalue weighted by molar-refractivity contribution is -0.138. The molecule has 0 saturated carbocycles. The molecule has 376 valence electrons. The number of halogens is 6. The van der Waals surface area contributed by atoms with Gasteiger partial charge < -0.3 is 25.2 Å². The molecule has 11 nitrogen and oxygen atoms in total. The van der Waals surface area contributed by atoms with Crippen LogP contribution >= 0.6 is 0 Å². The molecule has 6 atom stereocenters. The molecule has 4 heterocycles. The van der Waals surface area contributed by atoms with Crippen LogP contribution < -0.4 is 10.6 Å². The van der Waals surface area contributed by atoms with E-state index in [0.29, 0.717) is 67.0 Å². The van der Waals surface area contributed by atoms with Gasteiger partial charge in [-0.05, 0) is 99.9 Å². The highest BCUT2D eigenvalue weighted by molar-refractivity contribution is 6.05. The lowest BCUT2D eigenvalue weighted by Crippen LogP contribution is -2.58. The summed E-state index contributed by atoms with van der Waals surface area (Å²) >= 11 is 0. The van der Waals surface area contributed by atoms with Crippen molar-refractivity contribution in [2.24, 2.45) is 9.98 Å². The van der Waals surface area contributed by atoms with Gasteiger partial charge in [-0.1, -0.05) is 90.8 Å². The van der Waals surface area contributed by atoms with E-state index in [0.717, 1.165) is 48.0 Å². The van der Waals surface area contributed by atoms with Gasteiger partial charge in [0.25, 0.3) is 0 Å². The van der Waals surface area contributed by atoms with Crippen LogP contribution in [0.25, 0.3) is 0 Å². The average molecular weight is 977 g/mol. The fourth-order valence-electron chi connectivity index (χ4n) is 9.99. The highest BCUT2D eigenvalue weighted by Crippen LogP contribution is 2.39. The largest absolute Gasteiger partial charge is 0.416 e. The summed E-state index contributed by atoms with van der Waals surface area (Å²) in [4.78, 5) is 36.7. The lowest BCUT2D eigenvalue weighted by Gasteiger charge is -2.44. The summed E-state index contributed by atoms with van der Waals surface area (Å²) in [6.45, 7) is 10.4. The Balaban J connectivity index is 0.000000206. The Hall–Kier alpha value is -5.46. The molecule has 2 amide bonds. The standard InChI is InChI=1S/C27H32F3N3O2.C26H30F3N3O3/c1-4-24-31-16-25(34)33(24)23-10-11-26(32-15-23,21-8-6-5-7-9-21)17-35-19(3)20-12-18(2)13-22(14-20)27(28,29)30;1-17-10-19(12-21(11-17)26(27,28)29)18(2)35-16-25(20-6-4-3-5-7-20)9-8-22(13-31-25)32-23(15-33)30-14-24(32)34/h5-9,12-14,19,23,32H,4,10-11,15-17H2,1-3H3;3-7,10-12,18,22,31,33H,8-9,13-16H2,1-2H3/t19-,23+,26-;18-,22+,25-/m11/s1. The second kappa shape index (κ2) is 21.9. The Morgan fingerprint density at radius 2 is 1.06 bits per heavy atom. The van der Waals surface area contributed by atoms with Crippen LogP contribution in [0.4, 0.5) is 26.3 Å². The zero-order valence-electron chi connectivity index (χ0n) is 40.2. The number of rotatable bonds is 14. The lowest BCUT2D eigenvalue weighted by atomic mass is 9.81. The van der Waals surface area contributed by atoms with E-state index in [9.17, 15) is 41.0 Å². The van der Waals surface area contributed by atoms with Gasteiger partial charge in [-0.2, -0.15) is 26.3 Å². The number of aliphatic hydroxyl groups excluding tert-OH is 1. The number of ether oxygens (including phenoxy) is 2. The summed E-state index contributed by atoms with van der Waals surface area (Å²) in [5.41, 5.74) is 1.69. The molecule has 2 fully saturated rings. The molecule has 0 unspecified atom stereocenters. The molecular formula is C53H62F6N6O5. The molecule has 4 aromatic carbocycles. The Labute approximate surface area is 405 Å². The monoisotopic (exact) mass is 976 g/mol. The quantitative estimate of drug-likeness (QED) is 0.108. The molecule has 3 N–H and O–H groups in total. The first-order valence-corrected chi connectivity index (χ1v) is 23.8. The number of amidine groups is 2. The molecule has 0 aromatic heterocycles. The number of alkyl halides is 6. The van der Waals surface area contributed by atoms with E-state index >= 15 is 0 Å². The van der Waals surface area contributed by atoms with E-state index in [1.165, 1.54) is 6.07 Å². The van der Waals surface area contributed by atoms with Gasteiger partial charge in [-0.25, -0.2) is 0 Å². The number of carbonyl (C=O) groups is 2. The molecular weight excluding hydrogens is 915 g/mol. The number of carbonyl (C=O) groups excluding carboxylic acids is 2. The summed E-state index contributed by atoms with van der Waals surface area (Å²) in [5.74, 6) is 1.13. The smallest absolute Gasteiger partial charge is 0.388 e. The van der Waals surface area contributed by atoms with Gasteiger partial charge in [0, 0.05) is 19.5 Å². The van der Waals surface area contributed by atoms with Crippen molar-refractivity contribution < 1.29 is 50.5 Å². The third-order valence-corrected chi connectivity index (χ3v) is 13.8. The highest BCUT2D eigenvalue weighted by atomic mass is 19.4. The van der Waals surface area contributed by atoms with E-state index in [1.54, 1.807) is 44.7 Å². The fraction of sp³-hybridized carbons (Fsp3) is 0.472. The normalized spacial score (nSPS) is 23.9. The van der Waals surface area contributed by atoms with E-state index in [1.807, 2.05) is 72.5 Å². The molecule has 0 bridgehead atoms. The predicted octanol–water partition coefficient (Wildman–Crippen LogP) is 9.36. The second-order valence-corrected chi connectivity index (χ2v) is 18.7. The van der Waals surface area contributed by atoms with E-state index in [-0.39, 0.29) is 50.2 Å². The van der Waals surface area contributed by atoms with Crippen molar-refractivity contribution >= 4 is 23.5 Å². The molecule has 0 radical (unpaired) electrons. The van der Waals surface area contributed by atoms with Gasteiger partial charge in [0.1, 0.15) is 31.4 Å². The maximum atomic E-state index is 13.3. The van der Waals surface area contributed by atoms with Crippen LogP contribution in [0.3, 0.4) is 0 Å². The maximum Gasteiger partial charge on any atom is 0.416 e. The van der Waals surface area contributed by atoms with E-state index < -0.39 is 46.8 Å². The number of hydrogen-bond donors (Lipinski definition) is 3. The van der Waals surface area contributed by atoms with Crippen molar-refractivity contribution in [3.05, 3.63) is 142 Å². The van der Waals surface area contributed by atoms with Gasteiger partial charge >= 0.3 is 12.4 Å². The fourth-order valence-corrected chi connectivity index (χ4v) is 9.99. The van der Waals surface area contributed by atoms with Crippen LogP contribution in [0, 0.1) is 13.8 Å². The number of nitrogens with zero attached hydrogens (tertiary/aromatic N) is 4. The number of aliphatic imine (C=N–C) groups is 2. The van der Waals surface area contributed by atoms with Crippen molar-refractivity contribution in [3.8, 4) is 0 Å². The molecule has 4 aliphatic heterocycles. The molecule has 2 saturated heterocycles. The molecule has 70 heavy (non-hydrogen) atoms. The second-order valence-electron chi connectivity index (χ2n) is 18.7. The van der Waals surface area contributed by atoms with E-state index in [4.69, 9.17) is 9.47 Å². The number of piperidine rings is 2. The minimum Gasteiger partial charge on any atom is -0.388 e. The Morgan fingerprint density at radius 1 is 0.657 bits per heavy atom. The topological polar surface area (TPSA) is 128 Å². The number of nitrogens with one attached hydrogen (secondary N) is 2. The zero-order chi connectivity index (χ0) is 50.4. The highest BCUT2D eigenvalue weighted by Gasteiger charge is 2.44. The minimum absolute atomic E-state index is 0.0177. The molecule has 0 spiro atoms. The van der Waals surface area contributed by atoms with Gasteiger partial charge in [-0.3, -0.25) is 29.4 Å². The number of aliphatic hydroxyl groups is 1. The predicted molar refractivity (Wildman–Crippen MR) is 255 cm³/mol. The number of aryl methyl sites for hydroxylation is 2. The third kappa shape index (κ3) is 12.0. The molecule has 0 aliphatic carbocycles. The van der Waals surface area contributed by atoms with Gasteiger partial charge in [0.05, 0.1) is 59.7 Å². The Kier molecular flexibility index (Phi) is 16.4. The molecule has 8 rings (SSSR count). The van der Waals surface area contributed by atoms with Crippen LogP contribution in [-0.4, -0.2) is 96.5 Å². The van der Waals surface area contributed by atoms with Crippen molar-refractivity contribution in [2.75, 3.05) is 46.0 Å². The van der Waals surface area contributed by atoms with Crippen molar-refractivity contribution in [3.63, 3.8) is 0 Å². The molecule has 17 heteroatoms. The number of amides is 2. The van der Waals surface area contributed by atoms with Crippen LogP contribution in [-0.2, 0) is 42.5 Å². The van der Waals surface area contributed by atoms with Gasteiger partial charge in [0.2, 0.25) is 11.8 Å². The Morgan fingerprint density at radius 3 is 1.41 bits per heavy atom. The summed E-state index contributed by atoms with van der Waals surface area (Å²) in [5, 5.41) is 16.8. The van der Waals surface area contributed by atoms with Crippen molar-refractivity contribution in [2.45, 2.75) is 114 Å². The van der Waals surface area contributed by atoms with Crippen molar-refractivity contribution in [1.29, 1.82) is 0 Å². The zero-order valence-corrected chi connectivity index (χ0v) is 40.2. The van der Waals surface area contributed by atoms with Gasteiger partial charge in [-0.15, -0.1) is 0 Å².